The molecule has 2 heterocycles. The fraction of sp³-hybridized carbons (Fsp3) is 0.364. The molecule has 7 nitrogen and oxygen atoms in total. The van der Waals surface area contributed by atoms with Crippen LogP contribution in [0.4, 0.5) is 10.8 Å². The number of nitrogens with zero attached hydrogens (tertiary/aromatic N) is 2. The molecule has 1 fully saturated rings. The predicted octanol–water partition coefficient (Wildman–Crippen LogP) is 4.59. The van der Waals surface area contributed by atoms with E-state index in [1.54, 1.807) is 45.2 Å². The van der Waals surface area contributed by atoms with Crippen molar-refractivity contribution in [2.45, 2.75) is 19.4 Å². The quantitative estimate of drug-likeness (QED) is 0.578. The number of carbonyl (C=O) groups excluding carboxylic acids is 1. The lowest BCUT2D eigenvalue weighted by Gasteiger charge is -2.29. The van der Waals surface area contributed by atoms with E-state index in [0.717, 1.165) is 29.0 Å². The molecule has 1 aliphatic heterocycles. The lowest BCUT2D eigenvalue weighted by molar-refractivity contribution is -0.128. The summed E-state index contributed by atoms with van der Waals surface area (Å²) < 4.78 is 17.8. The number of rotatable bonds is 6. The summed E-state index contributed by atoms with van der Waals surface area (Å²) in [4.78, 5) is 19.9. The van der Waals surface area contributed by atoms with E-state index in [-0.39, 0.29) is 5.91 Å². The first-order valence-corrected chi connectivity index (χ1v) is 11.1. The van der Waals surface area contributed by atoms with Gasteiger partial charge in [-0.05, 0) is 50.2 Å². The van der Waals surface area contributed by atoms with E-state index in [0.29, 0.717) is 34.9 Å². The standard InChI is InChI=1S/C22H24ClN3O4S/c1-22(2,30-15-6-4-14(23)5-7-15)20(27)25-21-24-18-17(28-3)9-8-16(19(18)31-21)26-10-12-29-13-11-26/h4-9H,10-13H2,1-3H3,(H,24,25,27). The molecule has 0 radical (unpaired) electrons. The first kappa shape index (κ1) is 21.7. The van der Waals surface area contributed by atoms with Gasteiger partial charge in [0, 0.05) is 18.1 Å². The molecule has 9 heteroatoms. The minimum atomic E-state index is -1.11. The highest BCUT2D eigenvalue weighted by molar-refractivity contribution is 7.23. The lowest BCUT2D eigenvalue weighted by Crippen LogP contribution is -2.42. The van der Waals surface area contributed by atoms with Crippen LogP contribution in [0.25, 0.3) is 10.2 Å². The molecule has 0 unspecified atom stereocenters. The van der Waals surface area contributed by atoms with Crippen LogP contribution in [0.3, 0.4) is 0 Å². The normalized spacial score (nSPS) is 14.5. The Morgan fingerprint density at radius 2 is 1.90 bits per heavy atom. The summed E-state index contributed by atoms with van der Waals surface area (Å²) in [5, 5.41) is 4.00. The van der Waals surface area contributed by atoms with Gasteiger partial charge in [0.25, 0.3) is 5.91 Å². The number of anilines is 2. The zero-order valence-electron chi connectivity index (χ0n) is 17.6. The van der Waals surface area contributed by atoms with Gasteiger partial charge in [-0.25, -0.2) is 4.98 Å². The Morgan fingerprint density at radius 3 is 2.58 bits per heavy atom. The highest BCUT2D eigenvalue weighted by atomic mass is 35.5. The Morgan fingerprint density at radius 1 is 1.19 bits per heavy atom. The third-order valence-electron chi connectivity index (χ3n) is 5.01. The molecular formula is C22H24ClN3O4S. The van der Waals surface area contributed by atoms with Crippen molar-refractivity contribution in [3.8, 4) is 11.5 Å². The number of amides is 1. The van der Waals surface area contributed by atoms with Crippen LogP contribution in [-0.4, -0.2) is 49.9 Å². The van der Waals surface area contributed by atoms with E-state index in [1.807, 2.05) is 12.1 Å². The number of aromatic nitrogens is 1. The number of halogens is 1. The Bertz CT molecular complexity index is 1080. The van der Waals surface area contributed by atoms with Crippen molar-refractivity contribution in [3.63, 3.8) is 0 Å². The number of methoxy groups -OCH3 is 1. The van der Waals surface area contributed by atoms with E-state index < -0.39 is 5.60 Å². The zero-order chi connectivity index (χ0) is 22.0. The van der Waals surface area contributed by atoms with Crippen molar-refractivity contribution in [1.82, 2.24) is 4.98 Å². The number of hydrogen-bond donors (Lipinski definition) is 1. The second-order valence-electron chi connectivity index (χ2n) is 7.60. The van der Waals surface area contributed by atoms with E-state index in [2.05, 4.69) is 15.2 Å². The number of ether oxygens (including phenoxy) is 3. The molecular weight excluding hydrogens is 438 g/mol. The van der Waals surface area contributed by atoms with Crippen LogP contribution in [0, 0.1) is 0 Å². The molecule has 0 aliphatic carbocycles. The largest absolute Gasteiger partial charge is 0.494 e. The third-order valence-corrected chi connectivity index (χ3v) is 6.26. The Balaban J connectivity index is 1.58. The number of thiazole rings is 1. The average Bonchev–Trinajstić information content (AvgIpc) is 3.18. The molecule has 1 amide bonds. The first-order chi connectivity index (χ1) is 14.9. The summed E-state index contributed by atoms with van der Waals surface area (Å²) in [5.74, 6) is 0.930. The van der Waals surface area contributed by atoms with Gasteiger partial charge in [-0.3, -0.25) is 10.1 Å². The molecule has 164 valence electrons. The van der Waals surface area contributed by atoms with Gasteiger partial charge in [-0.1, -0.05) is 22.9 Å². The maximum Gasteiger partial charge on any atom is 0.269 e. The summed E-state index contributed by atoms with van der Waals surface area (Å²) >= 11 is 7.34. The summed E-state index contributed by atoms with van der Waals surface area (Å²) in [5.41, 5.74) is 0.681. The topological polar surface area (TPSA) is 72.9 Å². The number of hydrogen-bond acceptors (Lipinski definition) is 7. The molecule has 1 saturated heterocycles. The zero-order valence-corrected chi connectivity index (χ0v) is 19.2. The van der Waals surface area contributed by atoms with Gasteiger partial charge in [0.15, 0.2) is 10.7 Å². The lowest BCUT2D eigenvalue weighted by atomic mass is 10.1. The molecule has 0 spiro atoms. The molecule has 1 aromatic heterocycles. The molecule has 4 rings (SSSR count). The SMILES string of the molecule is COc1ccc(N2CCOCC2)c2sc(NC(=O)C(C)(C)Oc3ccc(Cl)cc3)nc12. The Kier molecular flexibility index (Phi) is 6.22. The van der Waals surface area contributed by atoms with Crippen molar-refractivity contribution in [2.75, 3.05) is 43.6 Å². The van der Waals surface area contributed by atoms with E-state index in [1.165, 1.54) is 11.3 Å². The maximum atomic E-state index is 13.0. The van der Waals surface area contributed by atoms with Crippen molar-refractivity contribution in [3.05, 3.63) is 41.4 Å². The number of nitrogens with one attached hydrogen (secondary N) is 1. The smallest absolute Gasteiger partial charge is 0.269 e. The van der Waals surface area contributed by atoms with Crippen LogP contribution >= 0.6 is 22.9 Å². The van der Waals surface area contributed by atoms with Crippen LogP contribution in [0.15, 0.2) is 36.4 Å². The molecule has 1 N–H and O–H groups in total. The van der Waals surface area contributed by atoms with Crippen LogP contribution in [0.5, 0.6) is 11.5 Å². The average molecular weight is 462 g/mol. The molecule has 2 aromatic carbocycles. The fourth-order valence-corrected chi connectivity index (χ4v) is 4.48. The Labute approximate surface area is 189 Å². The molecule has 0 bridgehead atoms. The summed E-state index contributed by atoms with van der Waals surface area (Å²) in [6, 6.07) is 10.8. The van der Waals surface area contributed by atoms with Gasteiger partial charge in [-0.2, -0.15) is 0 Å². The number of benzene rings is 2. The number of fused-ring (bicyclic) bond motifs is 1. The molecule has 1 aliphatic rings. The van der Waals surface area contributed by atoms with Gasteiger partial charge >= 0.3 is 0 Å². The van der Waals surface area contributed by atoms with Crippen molar-refractivity contribution in [2.24, 2.45) is 0 Å². The van der Waals surface area contributed by atoms with Gasteiger partial charge in [0.2, 0.25) is 0 Å². The van der Waals surface area contributed by atoms with Crippen LogP contribution in [0.1, 0.15) is 13.8 Å². The number of carbonyl (C=O) groups is 1. The second-order valence-corrected chi connectivity index (χ2v) is 9.04. The summed E-state index contributed by atoms with van der Waals surface area (Å²) in [6.45, 7) is 6.41. The highest BCUT2D eigenvalue weighted by Gasteiger charge is 2.31. The monoisotopic (exact) mass is 461 g/mol. The van der Waals surface area contributed by atoms with Crippen molar-refractivity contribution < 1.29 is 19.0 Å². The maximum absolute atomic E-state index is 13.0. The van der Waals surface area contributed by atoms with E-state index >= 15 is 0 Å². The van der Waals surface area contributed by atoms with Gasteiger partial charge in [0.1, 0.15) is 17.0 Å². The predicted molar refractivity (Wildman–Crippen MR) is 124 cm³/mol. The molecule has 31 heavy (non-hydrogen) atoms. The minimum absolute atomic E-state index is 0.298. The summed E-state index contributed by atoms with van der Waals surface area (Å²) in [7, 11) is 1.61. The van der Waals surface area contributed by atoms with Crippen LogP contribution in [-0.2, 0) is 9.53 Å². The molecule has 0 atom stereocenters. The fourth-order valence-electron chi connectivity index (χ4n) is 3.33. The summed E-state index contributed by atoms with van der Waals surface area (Å²) in [6.07, 6.45) is 0. The highest BCUT2D eigenvalue weighted by Crippen LogP contribution is 2.40. The molecule has 3 aromatic rings. The van der Waals surface area contributed by atoms with Crippen molar-refractivity contribution >= 4 is 49.9 Å². The number of morpholine rings is 1. The minimum Gasteiger partial charge on any atom is -0.494 e. The molecule has 0 saturated carbocycles. The van der Waals surface area contributed by atoms with Crippen LogP contribution < -0.4 is 19.7 Å². The van der Waals surface area contributed by atoms with Crippen molar-refractivity contribution in [1.29, 1.82) is 0 Å². The Hall–Kier alpha value is -2.55. The van der Waals surface area contributed by atoms with E-state index in [4.69, 9.17) is 25.8 Å². The second kappa shape index (κ2) is 8.90. The van der Waals surface area contributed by atoms with Gasteiger partial charge < -0.3 is 19.1 Å². The van der Waals surface area contributed by atoms with Gasteiger partial charge in [0.05, 0.1) is 30.7 Å². The van der Waals surface area contributed by atoms with E-state index in [9.17, 15) is 4.79 Å². The van der Waals surface area contributed by atoms with Crippen LogP contribution in [0.2, 0.25) is 5.02 Å². The third kappa shape index (κ3) is 4.71. The first-order valence-electron chi connectivity index (χ1n) is 9.93. The van der Waals surface area contributed by atoms with Gasteiger partial charge in [-0.15, -0.1) is 0 Å².